The van der Waals surface area contributed by atoms with Crippen LogP contribution in [0.25, 0.3) is 0 Å². The summed E-state index contributed by atoms with van der Waals surface area (Å²) in [6, 6.07) is 15.7. The summed E-state index contributed by atoms with van der Waals surface area (Å²) in [6.07, 6.45) is 4.65. The quantitative estimate of drug-likeness (QED) is 0.621. The number of amides is 2. The maximum atomic E-state index is 13.2. The zero-order valence-electron chi connectivity index (χ0n) is 18.4. The topological polar surface area (TPSA) is 93.1 Å². The van der Waals surface area contributed by atoms with Crippen molar-refractivity contribution in [1.29, 1.82) is 0 Å². The fraction of sp³-hybridized carbons (Fsp3) is 0.200. The molecule has 0 saturated carbocycles. The van der Waals surface area contributed by atoms with E-state index in [0.29, 0.717) is 34.9 Å². The molecule has 1 aliphatic rings. The van der Waals surface area contributed by atoms with Crippen LogP contribution in [-0.2, 0) is 0 Å². The molecule has 0 radical (unpaired) electrons. The van der Waals surface area contributed by atoms with E-state index in [4.69, 9.17) is 9.47 Å². The largest absolute Gasteiger partial charge is 0.493 e. The molecule has 168 valence electrons. The molecule has 0 unspecified atom stereocenters. The number of anilines is 1. The van der Waals surface area contributed by atoms with Gasteiger partial charge in [0.05, 0.1) is 19.9 Å². The molecule has 2 heterocycles. The smallest absolute Gasteiger partial charge is 0.274 e. The Balaban J connectivity index is 1.53. The second-order valence-electron chi connectivity index (χ2n) is 7.42. The Hall–Kier alpha value is -4.20. The van der Waals surface area contributed by atoms with Crippen LogP contribution in [0.4, 0.5) is 5.69 Å². The van der Waals surface area contributed by atoms with Gasteiger partial charge in [-0.05, 0) is 61.4 Å². The van der Waals surface area contributed by atoms with Crippen LogP contribution < -0.4 is 14.8 Å². The van der Waals surface area contributed by atoms with Crippen molar-refractivity contribution < 1.29 is 19.1 Å². The Morgan fingerprint density at radius 3 is 2.48 bits per heavy atom. The van der Waals surface area contributed by atoms with Crippen LogP contribution in [0.1, 0.15) is 39.1 Å². The second kappa shape index (κ2) is 9.95. The van der Waals surface area contributed by atoms with Gasteiger partial charge in [-0.1, -0.05) is 6.07 Å². The normalized spacial score (nSPS) is 13.2. The van der Waals surface area contributed by atoms with Gasteiger partial charge in [0.15, 0.2) is 11.5 Å². The van der Waals surface area contributed by atoms with Gasteiger partial charge in [-0.2, -0.15) is 5.10 Å². The highest BCUT2D eigenvalue weighted by Gasteiger charge is 2.22. The Labute approximate surface area is 191 Å². The van der Waals surface area contributed by atoms with Crippen molar-refractivity contribution in [2.75, 3.05) is 26.1 Å². The molecule has 1 aromatic heterocycles. The number of aromatic nitrogens is 1. The number of hydrogen-bond acceptors (Lipinski definition) is 6. The first-order valence-corrected chi connectivity index (χ1v) is 10.5. The van der Waals surface area contributed by atoms with Crippen molar-refractivity contribution in [2.45, 2.75) is 12.8 Å². The average molecular weight is 444 g/mol. The number of nitrogens with one attached hydrogen (secondary N) is 1. The molecule has 1 N–H and O–H groups in total. The Morgan fingerprint density at radius 1 is 0.939 bits per heavy atom. The minimum atomic E-state index is -0.270. The number of rotatable bonds is 6. The van der Waals surface area contributed by atoms with E-state index in [0.717, 1.165) is 24.1 Å². The van der Waals surface area contributed by atoms with Gasteiger partial charge in [0, 0.05) is 41.3 Å². The Morgan fingerprint density at radius 2 is 1.73 bits per heavy atom. The SMILES string of the molecule is COc1ccc(C2=NN(C(=O)c3cccc(NC(=O)c4ccncc4)c3)CCC2)cc1OC. The summed E-state index contributed by atoms with van der Waals surface area (Å²) in [5, 5.41) is 8.89. The summed E-state index contributed by atoms with van der Waals surface area (Å²) < 4.78 is 10.7. The zero-order valence-corrected chi connectivity index (χ0v) is 18.4. The molecule has 0 bridgehead atoms. The van der Waals surface area contributed by atoms with Crippen LogP contribution in [0.5, 0.6) is 11.5 Å². The average Bonchev–Trinajstić information content (AvgIpc) is 2.88. The van der Waals surface area contributed by atoms with Crippen LogP contribution in [0.15, 0.2) is 72.1 Å². The maximum Gasteiger partial charge on any atom is 0.274 e. The second-order valence-corrected chi connectivity index (χ2v) is 7.42. The molecule has 4 rings (SSSR count). The van der Waals surface area contributed by atoms with E-state index in [1.807, 2.05) is 18.2 Å². The summed E-state index contributed by atoms with van der Waals surface area (Å²) >= 11 is 0. The van der Waals surface area contributed by atoms with Gasteiger partial charge in [0.2, 0.25) is 0 Å². The number of pyridine rings is 1. The molecule has 1 aliphatic heterocycles. The summed E-state index contributed by atoms with van der Waals surface area (Å²) in [5.41, 5.74) is 3.15. The predicted molar refractivity (Wildman–Crippen MR) is 125 cm³/mol. The highest BCUT2D eigenvalue weighted by molar-refractivity contribution is 6.06. The molecule has 8 nitrogen and oxygen atoms in total. The molecule has 8 heteroatoms. The van der Waals surface area contributed by atoms with E-state index in [-0.39, 0.29) is 11.8 Å². The van der Waals surface area contributed by atoms with Crippen molar-refractivity contribution in [3.05, 3.63) is 83.7 Å². The van der Waals surface area contributed by atoms with E-state index in [9.17, 15) is 9.59 Å². The van der Waals surface area contributed by atoms with Crippen LogP contribution in [-0.4, -0.2) is 48.3 Å². The van der Waals surface area contributed by atoms with Crippen molar-refractivity contribution in [3.8, 4) is 11.5 Å². The standard InChI is InChI=1S/C25H24N4O4/c1-32-22-9-8-18(16-23(22)33-2)21-7-4-14-29(28-21)25(31)19-5-3-6-20(15-19)27-24(30)17-10-12-26-13-11-17/h3,5-6,8-13,15-16H,4,7,14H2,1-2H3,(H,27,30). The molecule has 0 fully saturated rings. The molecule has 33 heavy (non-hydrogen) atoms. The number of ether oxygens (including phenoxy) is 2. The van der Waals surface area contributed by atoms with E-state index >= 15 is 0 Å². The number of hydrazone groups is 1. The van der Waals surface area contributed by atoms with Gasteiger partial charge in [-0.3, -0.25) is 14.6 Å². The van der Waals surface area contributed by atoms with Crippen LogP contribution in [0.2, 0.25) is 0 Å². The fourth-order valence-electron chi connectivity index (χ4n) is 3.59. The number of carbonyl (C=O) groups excluding carboxylic acids is 2. The summed E-state index contributed by atoms with van der Waals surface area (Å²) in [6.45, 7) is 0.517. The number of methoxy groups -OCH3 is 2. The van der Waals surface area contributed by atoms with E-state index in [1.54, 1.807) is 63.0 Å². The first-order chi connectivity index (χ1) is 16.1. The number of carbonyl (C=O) groups is 2. The van der Waals surface area contributed by atoms with Crippen molar-refractivity contribution >= 4 is 23.2 Å². The zero-order chi connectivity index (χ0) is 23.2. The van der Waals surface area contributed by atoms with Gasteiger partial charge >= 0.3 is 0 Å². The lowest BCUT2D eigenvalue weighted by Gasteiger charge is -2.24. The molecule has 3 aromatic rings. The minimum Gasteiger partial charge on any atom is -0.493 e. The van der Waals surface area contributed by atoms with Crippen molar-refractivity contribution in [1.82, 2.24) is 9.99 Å². The van der Waals surface area contributed by atoms with E-state index in [2.05, 4.69) is 15.4 Å². The Kier molecular flexibility index (Phi) is 6.64. The third-order valence-corrected chi connectivity index (χ3v) is 5.29. The van der Waals surface area contributed by atoms with Gasteiger partial charge < -0.3 is 14.8 Å². The van der Waals surface area contributed by atoms with Gasteiger partial charge in [-0.15, -0.1) is 0 Å². The lowest BCUT2D eigenvalue weighted by molar-refractivity contribution is 0.0751. The highest BCUT2D eigenvalue weighted by atomic mass is 16.5. The molecule has 0 spiro atoms. The Bertz CT molecular complexity index is 1190. The first-order valence-electron chi connectivity index (χ1n) is 10.5. The van der Waals surface area contributed by atoms with Crippen molar-refractivity contribution in [2.24, 2.45) is 5.10 Å². The molecular formula is C25H24N4O4. The summed E-state index contributed by atoms with van der Waals surface area (Å²) in [5.74, 6) is 0.747. The van der Waals surface area contributed by atoms with Gasteiger partial charge in [-0.25, -0.2) is 5.01 Å². The third-order valence-electron chi connectivity index (χ3n) is 5.29. The van der Waals surface area contributed by atoms with Crippen LogP contribution in [0, 0.1) is 0 Å². The summed E-state index contributed by atoms with van der Waals surface area (Å²) in [7, 11) is 3.17. The van der Waals surface area contributed by atoms with Gasteiger partial charge in [0.1, 0.15) is 0 Å². The first kappa shape index (κ1) is 22.0. The van der Waals surface area contributed by atoms with Crippen LogP contribution in [0.3, 0.4) is 0 Å². The van der Waals surface area contributed by atoms with Crippen molar-refractivity contribution in [3.63, 3.8) is 0 Å². The van der Waals surface area contributed by atoms with Crippen LogP contribution >= 0.6 is 0 Å². The maximum absolute atomic E-state index is 13.2. The molecule has 0 aliphatic carbocycles. The molecular weight excluding hydrogens is 420 g/mol. The third kappa shape index (κ3) is 5.01. The highest BCUT2D eigenvalue weighted by Crippen LogP contribution is 2.29. The molecule has 2 amide bonds. The predicted octanol–water partition coefficient (Wildman–Crippen LogP) is 3.99. The number of nitrogens with zero attached hydrogens (tertiary/aromatic N) is 3. The lowest BCUT2D eigenvalue weighted by atomic mass is 10.0. The molecule has 2 aromatic carbocycles. The number of hydrogen-bond donors (Lipinski definition) is 1. The van der Waals surface area contributed by atoms with Gasteiger partial charge in [0.25, 0.3) is 11.8 Å². The fourth-order valence-corrected chi connectivity index (χ4v) is 3.59. The summed E-state index contributed by atoms with van der Waals surface area (Å²) in [4.78, 5) is 29.5. The number of benzene rings is 2. The minimum absolute atomic E-state index is 0.229. The molecule has 0 saturated heterocycles. The van der Waals surface area contributed by atoms with E-state index < -0.39 is 0 Å². The van der Waals surface area contributed by atoms with E-state index in [1.165, 1.54) is 5.01 Å². The molecule has 0 atom stereocenters. The monoisotopic (exact) mass is 444 g/mol. The lowest BCUT2D eigenvalue weighted by Crippen LogP contribution is -2.32.